The van der Waals surface area contributed by atoms with Gasteiger partial charge in [0.2, 0.25) is 23.5 Å². The summed E-state index contributed by atoms with van der Waals surface area (Å²) in [6.07, 6.45) is 4.18. The monoisotopic (exact) mass is 398 g/mol. The third kappa shape index (κ3) is 6.10. The fraction of sp³-hybridized carbons (Fsp3) is 0.333. The first kappa shape index (κ1) is 20.4. The number of nitrogens with zero attached hydrogens (tertiary/aromatic N) is 3. The second-order valence-corrected chi connectivity index (χ2v) is 6.47. The fourth-order valence-corrected chi connectivity index (χ4v) is 2.58. The van der Waals surface area contributed by atoms with E-state index in [1.807, 2.05) is 12.1 Å². The van der Waals surface area contributed by atoms with Crippen LogP contribution < -0.4 is 10.1 Å². The van der Waals surface area contributed by atoms with E-state index in [9.17, 15) is 9.18 Å². The van der Waals surface area contributed by atoms with Gasteiger partial charge >= 0.3 is 0 Å². The first-order valence-electron chi connectivity index (χ1n) is 9.57. The molecule has 7 nitrogen and oxygen atoms in total. The molecule has 1 aromatic carbocycles. The molecule has 0 fully saturated rings. The maximum Gasteiger partial charge on any atom is 0.227 e. The summed E-state index contributed by atoms with van der Waals surface area (Å²) < 4.78 is 23.8. The molecule has 8 heteroatoms. The van der Waals surface area contributed by atoms with Crippen LogP contribution in [-0.2, 0) is 17.8 Å². The van der Waals surface area contributed by atoms with Gasteiger partial charge in [-0.05, 0) is 36.8 Å². The highest BCUT2D eigenvalue weighted by Crippen LogP contribution is 2.17. The zero-order valence-corrected chi connectivity index (χ0v) is 16.2. The van der Waals surface area contributed by atoms with Crippen LogP contribution in [0.4, 0.5) is 4.39 Å². The van der Waals surface area contributed by atoms with Crippen LogP contribution in [0, 0.1) is 5.82 Å². The summed E-state index contributed by atoms with van der Waals surface area (Å²) >= 11 is 0. The Morgan fingerprint density at radius 1 is 1.24 bits per heavy atom. The number of unbranched alkanes of at least 4 members (excludes halogenated alkanes) is 1. The van der Waals surface area contributed by atoms with E-state index in [1.54, 1.807) is 18.3 Å². The molecule has 0 bridgehead atoms. The number of halogens is 1. The van der Waals surface area contributed by atoms with E-state index in [2.05, 4.69) is 27.4 Å². The van der Waals surface area contributed by atoms with Crippen molar-refractivity contribution in [1.29, 1.82) is 0 Å². The standard InChI is InChI=1S/C21H23FN4O3/c1-2-3-13-28-21-16(5-4-12-23-21)14-24-18(27)10-11-19-25-20(26-29-19)15-6-8-17(22)9-7-15/h4-9,12H,2-3,10-11,13-14H2,1H3,(H,24,27). The minimum atomic E-state index is -0.332. The predicted octanol–water partition coefficient (Wildman–Crippen LogP) is 3.70. The van der Waals surface area contributed by atoms with Gasteiger partial charge in [-0.3, -0.25) is 4.79 Å². The Morgan fingerprint density at radius 3 is 2.86 bits per heavy atom. The summed E-state index contributed by atoms with van der Waals surface area (Å²) in [6.45, 7) is 3.02. The van der Waals surface area contributed by atoms with Crippen LogP contribution in [0.3, 0.4) is 0 Å². The van der Waals surface area contributed by atoms with E-state index >= 15 is 0 Å². The summed E-state index contributed by atoms with van der Waals surface area (Å²) in [7, 11) is 0. The third-order valence-corrected chi connectivity index (χ3v) is 4.20. The number of benzene rings is 1. The van der Waals surface area contributed by atoms with Gasteiger partial charge in [0.25, 0.3) is 0 Å². The Morgan fingerprint density at radius 2 is 2.07 bits per heavy atom. The summed E-state index contributed by atoms with van der Waals surface area (Å²) in [6, 6.07) is 9.50. The van der Waals surface area contributed by atoms with Crippen molar-refractivity contribution in [3.05, 3.63) is 59.9 Å². The lowest BCUT2D eigenvalue weighted by molar-refractivity contribution is -0.121. The normalized spacial score (nSPS) is 10.7. The largest absolute Gasteiger partial charge is 0.477 e. The van der Waals surface area contributed by atoms with Gasteiger partial charge in [0, 0.05) is 36.7 Å². The summed E-state index contributed by atoms with van der Waals surface area (Å²) in [5, 5.41) is 6.72. The SMILES string of the molecule is CCCCOc1ncccc1CNC(=O)CCc1nc(-c2ccc(F)cc2)no1. The highest BCUT2D eigenvalue weighted by atomic mass is 19.1. The molecule has 1 N–H and O–H groups in total. The fourth-order valence-electron chi connectivity index (χ4n) is 2.58. The molecule has 0 aliphatic rings. The molecule has 3 rings (SSSR count). The number of nitrogens with one attached hydrogen (secondary N) is 1. The number of rotatable bonds is 10. The van der Waals surface area contributed by atoms with E-state index in [1.165, 1.54) is 12.1 Å². The molecule has 0 unspecified atom stereocenters. The van der Waals surface area contributed by atoms with Gasteiger partial charge in [-0.25, -0.2) is 9.37 Å². The topological polar surface area (TPSA) is 90.1 Å². The van der Waals surface area contributed by atoms with Crippen molar-refractivity contribution in [3.63, 3.8) is 0 Å². The maximum atomic E-state index is 13.0. The lowest BCUT2D eigenvalue weighted by atomic mass is 10.2. The highest BCUT2D eigenvalue weighted by molar-refractivity contribution is 5.76. The van der Waals surface area contributed by atoms with Crippen LogP contribution in [0.15, 0.2) is 47.1 Å². The van der Waals surface area contributed by atoms with Gasteiger partial charge in [0.05, 0.1) is 6.61 Å². The maximum absolute atomic E-state index is 13.0. The van der Waals surface area contributed by atoms with Crippen molar-refractivity contribution in [3.8, 4) is 17.3 Å². The quantitative estimate of drug-likeness (QED) is 0.524. The molecule has 0 aliphatic carbocycles. The number of hydrogen-bond acceptors (Lipinski definition) is 6. The molecule has 29 heavy (non-hydrogen) atoms. The van der Waals surface area contributed by atoms with E-state index < -0.39 is 0 Å². The van der Waals surface area contributed by atoms with Crippen LogP contribution >= 0.6 is 0 Å². The lowest BCUT2D eigenvalue weighted by Crippen LogP contribution is -2.23. The number of amides is 1. The zero-order valence-electron chi connectivity index (χ0n) is 16.2. The molecule has 1 amide bonds. The van der Waals surface area contributed by atoms with E-state index in [4.69, 9.17) is 9.26 Å². The van der Waals surface area contributed by atoms with Gasteiger partial charge in [-0.15, -0.1) is 0 Å². The molecule has 0 saturated carbocycles. The molecular formula is C21H23FN4O3. The first-order chi connectivity index (χ1) is 14.2. The van der Waals surface area contributed by atoms with Gasteiger partial charge in [-0.2, -0.15) is 4.98 Å². The Kier molecular flexibility index (Phi) is 7.27. The Balaban J connectivity index is 1.48. The Hall–Kier alpha value is -3.29. The van der Waals surface area contributed by atoms with Crippen LogP contribution in [0.2, 0.25) is 0 Å². The molecule has 0 aliphatic heterocycles. The van der Waals surface area contributed by atoms with Gasteiger partial charge < -0.3 is 14.6 Å². The van der Waals surface area contributed by atoms with Crippen LogP contribution in [0.1, 0.15) is 37.6 Å². The van der Waals surface area contributed by atoms with Crippen molar-refractivity contribution in [1.82, 2.24) is 20.4 Å². The average molecular weight is 398 g/mol. The van der Waals surface area contributed by atoms with E-state index in [0.717, 1.165) is 18.4 Å². The average Bonchev–Trinajstić information content (AvgIpc) is 3.21. The number of ether oxygens (including phenoxy) is 1. The molecule has 152 valence electrons. The van der Waals surface area contributed by atoms with Crippen molar-refractivity contribution in [2.45, 2.75) is 39.2 Å². The van der Waals surface area contributed by atoms with Crippen molar-refractivity contribution >= 4 is 5.91 Å². The van der Waals surface area contributed by atoms with Crippen molar-refractivity contribution in [2.75, 3.05) is 6.61 Å². The number of carbonyl (C=O) groups excluding carboxylic acids is 1. The number of aromatic nitrogens is 3. The van der Waals surface area contributed by atoms with Crippen LogP contribution in [0.25, 0.3) is 11.4 Å². The molecule has 0 radical (unpaired) electrons. The summed E-state index contributed by atoms with van der Waals surface area (Å²) in [4.78, 5) is 20.6. The number of carbonyl (C=O) groups is 1. The van der Waals surface area contributed by atoms with E-state index in [-0.39, 0.29) is 18.1 Å². The molecule has 0 spiro atoms. The molecule has 2 aromatic heterocycles. The highest BCUT2D eigenvalue weighted by Gasteiger charge is 2.12. The first-order valence-corrected chi connectivity index (χ1v) is 9.57. The zero-order chi connectivity index (χ0) is 20.5. The number of aryl methyl sites for hydroxylation is 1. The predicted molar refractivity (Wildman–Crippen MR) is 104 cm³/mol. The molecule has 2 heterocycles. The number of hydrogen-bond donors (Lipinski definition) is 1. The lowest BCUT2D eigenvalue weighted by Gasteiger charge is -2.10. The van der Waals surface area contributed by atoms with Crippen LogP contribution in [0.5, 0.6) is 5.88 Å². The molecule has 0 saturated heterocycles. The van der Waals surface area contributed by atoms with E-state index in [0.29, 0.717) is 42.7 Å². The molecular weight excluding hydrogens is 375 g/mol. The van der Waals surface area contributed by atoms with Crippen LogP contribution in [-0.4, -0.2) is 27.6 Å². The minimum Gasteiger partial charge on any atom is -0.477 e. The second kappa shape index (κ2) is 10.3. The Labute approximate surface area is 168 Å². The van der Waals surface area contributed by atoms with Gasteiger partial charge in [-0.1, -0.05) is 24.6 Å². The Bertz CT molecular complexity index is 928. The third-order valence-electron chi connectivity index (χ3n) is 4.20. The summed E-state index contributed by atoms with van der Waals surface area (Å²) in [5.41, 5.74) is 1.48. The van der Waals surface area contributed by atoms with Crippen molar-refractivity contribution in [2.24, 2.45) is 0 Å². The summed E-state index contributed by atoms with van der Waals surface area (Å²) in [5.74, 6) is 0.785. The molecule has 3 aromatic rings. The second-order valence-electron chi connectivity index (χ2n) is 6.47. The van der Waals surface area contributed by atoms with Gasteiger partial charge in [0.1, 0.15) is 5.82 Å². The smallest absolute Gasteiger partial charge is 0.227 e. The number of pyridine rings is 1. The minimum absolute atomic E-state index is 0.144. The molecule has 0 atom stereocenters. The van der Waals surface area contributed by atoms with Crippen molar-refractivity contribution < 1.29 is 18.4 Å². The van der Waals surface area contributed by atoms with Gasteiger partial charge in [0.15, 0.2) is 0 Å².